The molecule has 0 bridgehead atoms. The lowest BCUT2D eigenvalue weighted by atomic mass is 9.95. The molecule has 0 heterocycles. The minimum atomic E-state index is -0.912. The van der Waals surface area contributed by atoms with E-state index in [9.17, 15) is 9.59 Å². The number of carbonyl (C=O) groups excluding carboxylic acids is 2. The van der Waals surface area contributed by atoms with Gasteiger partial charge < -0.3 is 15.2 Å². The van der Waals surface area contributed by atoms with E-state index in [1.807, 2.05) is 0 Å². The normalized spacial score (nSPS) is 10.9. The number of carbonyl (C=O) groups is 2. The summed E-state index contributed by atoms with van der Waals surface area (Å²) in [6.45, 7) is 3.15. The quantitative estimate of drug-likeness (QED) is 0.678. The molecule has 0 radical (unpaired) electrons. The van der Waals surface area contributed by atoms with Crippen molar-refractivity contribution in [1.29, 1.82) is 0 Å². The highest BCUT2D eigenvalue weighted by molar-refractivity contribution is 6.33. The molecule has 0 aliphatic rings. The van der Waals surface area contributed by atoms with Gasteiger partial charge >= 0.3 is 11.9 Å². The fourth-order valence-corrected chi connectivity index (χ4v) is 1.62. The van der Waals surface area contributed by atoms with Crippen molar-refractivity contribution >= 4 is 29.2 Å². The lowest BCUT2D eigenvalue weighted by Crippen LogP contribution is -2.32. The number of nitrogen functional groups attached to an aromatic ring is 1. The monoisotopic (exact) mass is 285 g/mol. The summed E-state index contributed by atoms with van der Waals surface area (Å²) in [5.74, 6) is -1.06. The van der Waals surface area contributed by atoms with Gasteiger partial charge in [-0.15, -0.1) is 0 Å². The standard InChI is InChI=1S/C13H16ClNO4/c1-13(2,12(17)18-3)7-19-11(16)9-5-4-8(15)6-10(9)14/h4-6H,7,15H2,1-3H3. The number of ether oxygens (including phenoxy) is 2. The van der Waals surface area contributed by atoms with Crippen LogP contribution in [0.15, 0.2) is 18.2 Å². The Balaban J connectivity index is 2.73. The summed E-state index contributed by atoms with van der Waals surface area (Å²) in [5, 5.41) is 0.209. The molecule has 0 unspecified atom stereocenters. The Kier molecular flexibility index (Phi) is 4.78. The number of methoxy groups -OCH3 is 1. The van der Waals surface area contributed by atoms with Crippen LogP contribution in [0.2, 0.25) is 5.02 Å². The largest absolute Gasteiger partial charge is 0.469 e. The predicted octanol–water partition coefficient (Wildman–Crippen LogP) is 2.28. The lowest BCUT2D eigenvalue weighted by molar-refractivity contribution is -0.152. The van der Waals surface area contributed by atoms with Crippen LogP contribution >= 0.6 is 11.6 Å². The Morgan fingerprint density at radius 2 is 2.00 bits per heavy atom. The van der Waals surface area contributed by atoms with Crippen LogP contribution < -0.4 is 5.73 Å². The van der Waals surface area contributed by atoms with Gasteiger partial charge in [0, 0.05) is 5.69 Å². The summed E-state index contributed by atoms with van der Waals surface area (Å²) >= 11 is 5.89. The van der Waals surface area contributed by atoms with Gasteiger partial charge in [0.15, 0.2) is 0 Å². The highest BCUT2D eigenvalue weighted by Crippen LogP contribution is 2.22. The molecule has 0 fully saturated rings. The van der Waals surface area contributed by atoms with Crippen molar-refractivity contribution in [3.05, 3.63) is 28.8 Å². The number of halogens is 1. The summed E-state index contributed by atoms with van der Waals surface area (Å²) in [6.07, 6.45) is 0. The average molecular weight is 286 g/mol. The van der Waals surface area contributed by atoms with Crippen molar-refractivity contribution in [3.63, 3.8) is 0 Å². The molecule has 0 amide bonds. The molecule has 2 N–H and O–H groups in total. The molecule has 0 aliphatic heterocycles. The second kappa shape index (κ2) is 5.93. The Bertz CT molecular complexity index is 499. The minimum Gasteiger partial charge on any atom is -0.469 e. The van der Waals surface area contributed by atoms with E-state index in [0.717, 1.165) is 0 Å². The number of hydrogen-bond donors (Lipinski definition) is 1. The van der Waals surface area contributed by atoms with E-state index >= 15 is 0 Å². The van der Waals surface area contributed by atoms with Crippen LogP contribution in [0, 0.1) is 5.41 Å². The topological polar surface area (TPSA) is 78.6 Å². The van der Waals surface area contributed by atoms with Gasteiger partial charge in [-0.1, -0.05) is 11.6 Å². The molecule has 1 aromatic carbocycles. The van der Waals surface area contributed by atoms with Gasteiger partial charge in [-0.2, -0.15) is 0 Å². The van der Waals surface area contributed by atoms with Crippen LogP contribution in [-0.4, -0.2) is 25.7 Å². The SMILES string of the molecule is COC(=O)C(C)(C)COC(=O)c1ccc(N)cc1Cl. The lowest BCUT2D eigenvalue weighted by Gasteiger charge is -2.21. The zero-order chi connectivity index (χ0) is 14.6. The van der Waals surface area contributed by atoms with E-state index in [-0.39, 0.29) is 17.2 Å². The molecule has 6 heteroatoms. The highest BCUT2D eigenvalue weighted by atomic mass is 35.5. The third kappa shape index (κ3) is 3.86. The predicted molar refractivity (Wildman–Crippen MR) is 71.9 cm³/mol. The van der Waals surface area contributed by atoms with E-state index in [1.165, 1.54) is 19.2 Å². The van der Waals surface area contributed by atoms with Gasteiger partial charge in [0.1, 0.15) is 6.61 Å². The van der Waals surface area contributed by atoms with Crippen molar-refractivity contribution in [2.45, 2.75) is 13.8 Å². The number of benzene rings is 1. The van der Waals surface area contributed by atoms with Crippen molar-refractivity contribution in [1.82, 2.24) is 0 Å². The molecule has 19 heavy (non-hydrogen) atoms. The van der Waals surface area contributed by atoms with Gasteiger partial charge in [-0.05, 0) is 32.0 Å². The van der Waals surface area contributed by atoms with Crippen LogP contribution in [0.5, 0.6) is 0 Å². The third-order valence-electron chi connectivity index (χ3n) is 2.52. The molecule has 104 valence electrons. The fourth-order valence-electron chi connectivity index (χ4n) is 1.36. The number of esters is 2. The average Bonchev–Trinajstić information content (AvgIpc) is 2.35. The molecule has 0 atom stereocenters. The number of rotatable bonds is 4. The summed E-state index contributed by atoms with van der Waals surface area (Å²) in [5.41, 5.74) is 5.28. The summed E-state index contributed by atoms with van der Waals surface area (Å²) < 4.78 is 9.69. The van der Waals surface area contributed by atoms with Gasteiger partial charge in [0.05, 0.1) is 23.1 Å². The van der Waals surface area contributed by atoms with E-state index in [2.05, 4.69) is 4.74 Å². The number of hydrogen-bond acceptors (Lipinski definition) is 5. The molecule has 1 aromatic rings. The Morgan fingerprint density at radius 3 is 2.53 bits per heavy atom. The second-order valence-electron chi connectivity index (χ2n) is 4.69. The summed E-state index contributed by atoms with van der Waals surface area (Å²) in [4.78, 5) is 23.3. The molecule has 0 saturated carbocycles. The highest BCUT2D eigenvalue weighted by Gasteiger charge is 2.31. The molecule has 5 nitrogen and oxygen atoms in total. The Hall–Kier alpha value is -1.75. The Morgan fingerprint density at radius 1 is 1.37 bits per heavy atom. The van der Waals surface area contributed by atoms with Crippen LogP contribution in [-0.2, 0) is 14.3 Å². The maximum Gasteiger partial charge on any atom is 0.339 e. The first kappa shape index (κ1) is 15.3. The molecule has 0 saturated heterocycles. The van der Waals surface area contributed by atoms with Gasteiger partial charge in [0.2, 0.25) is 0 Å². The summed E-state index contributed by atoms with van der Waals surface area (Å²) in [7, 11) is 1.28. The minimum absolute atomic E-state index is 0.0980. The smallest absolute Gasteiger partial charge is 0.339 e. The maximum absolute atomic E-state index is 11.8. The molecular weight excluding hydrogens is 270 g/mol. The molecule has 0 spiro atoms. The zero-order valence-electron chi connectivity index (χ0n) is 11.0. The Labute approximate surface area is 116 Å². The number of nitrogens with two attached hydrogens (primary N) is 1. The van der Waals surface area contributed by atoms with Crippen molar-refractivity contribution < 1.29 is 19.1 Å². The molecular formula is C13H16ClNO4. The van der Waals surface area contributed by atoms with E-state index < -0.39 is 17.4 Å². The van der Waals surface area contributed by atoms with Gasteiger partial charge in [0.25, 0.3) is 0 Å². The first-order chi connectivity index (χ1) is 8.77. The van der Waals surface area contributed by atoms with Gasteiger partial charge in [-0.3, -0.25) is 4.79 Å². The first-order valence-corrected chi connectivity index (χ1v) is 5.96. The summed E-state index contributed by atoms with van der Waals surface area (Å²) in [6, 6.07) is 4.49. The zero-order valence-corrected chi connectivity index (χ0v) is 11.8. The third-order valence-corrected chi connectivity index (χ3v) is 2.83. The van der Waals surface area contributed by atoms with E-state index in [0.29, 0.717) is 5.69 Å². The van der Waals surface area contributed by atoms with Crippen molar-refractivity contribution in [2.24, 2.45) is 5.41 Å². The second-order valence-corrected chi connectivity index (χ2v) is 5.10. The van der Waals surface area contributed by atoms with Crippen LogP contribution in [0.1, 0.15) is 24.2 Å². The van der Waals surface area contributed by atoms with Gasteiger partial charge in [-0.25, -0.2) is 4.79 Å². The first-order valence-electron chi connectivity index (χ1n) is 5.58. The van der Waals surface area contributed by atoms with E-state index in [1.54, 1.807) is 19.9 Å². The maximum atomic E-state index is 11.8. The van der Waals surface area contributed by atoms with Crippen molar-refractivity contribution in [3.8, 4) is 0 Å². The fraction of sp³-hybridized carbons (Fsp3) is 0.385. The number of anilines is 1. The van der Waals surface area contributed by atoms with E-state index in [4.69, 9.17) is 22.1 Å². The molecule has 0 aliphatic carbocycles. The molecule has 0 aromatic heterocycles. The van der Waals surface area contributed by atoms with Crippen LogP contribution in [0.3, 0.4) is 0 Å². The van der Waals surface area contributed by atoms with Crippen molar-refractivity contribution in [2.75, 3.05) is 19.5 Å². The van der Waals surface area contributed by atoms with Crippen LogP contribution in [0.4, 0.5) is 5.69 Å². The molecule has 1 rings (SSSR count). The van der Waals surface area contributed by atoms with Crippen LogP contribution in [0.25, 0.3) is 0 Å².